The average molecular weight is 299 g/mol. The lowest BCUT2D eigenvalue weighted by Gasteiger charge is -2.15. The predicted octanol–water partition coefficient (Wildman–Crippen LogP) is 2.54. The Bertz CT molecular complexity index is 613. The van der Waals surface area contributed by atoms with Crippen LogP contribution in [0, 0.1) is 6.92 Å². The van der Waals surface area contributed by atoms with E-state index >= 15 is 0 Å². The molecule has 0 aliphatic rings. The number of aryl methyl sites for hydroxylation is 1. The maximum atomic E-state index is 11.8. The summed E-state index contributed by atoms with van der Waals surface area (Å²) in [5.41, 5.74) is 0. The second-order valence-corrected chi connectivity index (χ2v) is 5.75. The molecule has 5 nitrogen and oxygen atoms in total. The van der Waals surface area contributed by atoms with Crippen molar-refractivity contribution in [3.63, 3.8) is 0 Å². The minimum Gasteiger partial charge on any atom is -0.360 e. The maximum Gasteiger partial charge on any atom is 0.241 e. The third-order valence-corrected chi connectivity index (χ3v) is 3.91. The van der Waals surface area contributed by atoms with Crippen LogP contribution in [0.5, 0.6) is 0 Å². The van der Waals surface area contributed by atoms with Crippen molar-refractivity contribution in [3.8, 4) is 0 Å². The Balaban J connectivity index is 2.22. The van der Waals surface area contributed by atoms with Crippen molar-refractivity contribution in [3.05, 3.63) is 16.2 Å². The van der Waals surface area contributed by atoms with E-state index in [2.05, 4.69) is 15.3 Å². The zero-order valence-corrected chi connectivity index (χ0v) is 12.6. The van der Waals surface area contributed by atoms with Gasteiger partial charge in [-0.2, -0.15) is 0 Å². The van der Waals surface area contributed by atoms with E-state index in [1.54, 1.807) is 23.3 Å². The number of carbonyl (C=O) groups excluding carboxylic acids is 1. The first-order valence-corrected chi connectivity index (χ1v) is 7.12. The van der Waals surface area contributed by atoms with Gasteiger partial charge in [0.25, 0.3) is 0 Å². The molecule has 0 unspecified atom stereocenters. The summed E-state index contributed by atoms with van der Waals surface area (Å²) in [6, 6.07) is 1.99. The van der Waals surface area contributed by atoms with Crippen molar-refractivity contribution in [2.75, 3.05) is 25.5 Å². The molecule has 2 aromatic heterocycles. The molecule has 0 aliphatic heterocycles. The number of likely N-dealkylation sites (N-methyl/N-ethyl adjacent to an activating group) is 1. The molecule has 2 rings (SSSR count). The van der Waals surface area contributed by atoms with Crippen molar-refractivity contribution in [1.82, 2.24) is 14.9 Å². The fraction of sp³-hybridized carbons (Fsp3) is 0.417. The first kappa shape index (κ1) is 14.0. The van der Waals surface area contributed by atoms with E-state index in [4.69, 9.17) is 11.6 Å². The number of thiophene rings is 1. The van der Waals surface area contributed by atoms with Crippen LogP contribution >= 0.6 is 22.9 Å². The van der Waals surface area contributed by atoms with Gasteiger partial charge in [-0.25, -0.2) is 9.97 Å². The molecule has 19 heavy (non-hydrogen) atoms. The van der Waals surface area contributed by atoms with Crippen LogP contribution in [-0.4, -0.2) is 40.9 Å². The minimum atomic E-state index is 0.0114. The molecular formula is C12H15ClN4OS. The van der Waals surface area contributed by atoms with E-state index in [0.717, 1.165) is 15.1 Å². The van der Waals surface area contributed by atoms with Crippen molar-refractivity contribution in [2.24, 2.45) is 0 Å². The van der Waals surface area contributed by atoms with Crippen molar-refractivity contribution in [1.29, 1.82) is 0 Å². The summed E-state index contributed by atoms with van der Waals surface area (Å²) in [6.07, 6.45) is 0. The topological polar surface area (TPSA) is 58.1 Å². The van der Waals surface area contributed by atoms with Crippen LogP contribution in [0.15, 0.2) is 6.07 Å². The number of anilines is 1. The molecule has 0 aliphatic carbocycles. The number of aromatic nitrogens is 2. The average Bonchev–Trinajstić information content (AvgIpc) is 2.74. The summed E-state index contributed by atoms with van der Waals surface area (Å²) in [5, 5.41) is 4.13. The quantitative estimate of drug-likeness (QED) is 0.881. The van der Waals surface area contributed by atoms with Gasteiger partial charge in [0.2, 0.25) is 11.2 Å². The molecule has 0 atom stereocenters. The van der Waals surface area contributed by atoms with E-state index in [1.165, 1.54) is 0 Å². The highest BCUT2D eigenvalue weighted by molar-refractivity contribution is 7.18. The van der Waals surface area contributed by atoms with Crippen LogP contribution in [-0.2, 0) is 4.79 Å². The summed E-state index contributed by atoms with van der Waals surface area (Å²) in [5.74, 6) is 0.620. The molecule has 1 amide bonds. The van der Waals surface area contributed by atoms with Crippen LogP contribution < -0.4 is 5.32 Å². The molecule has 2 heterocycles. The molecule has 2 aromatic rings. The first-order valence-electron chi connectivity index (χ1n) is 5.92. The fourth-order valence-corrected chi connectivity index (χ4v) is 2.72. The third kappa shape index (κ3) is 3.13. The van der Waals surface area contributed by atoms with Gasteiger partial charge in [0.1, 0.15) is 10.6 Å². The van der Waals surface area contributed by atoms with Gasteiger partial charge < -0.3 is 10.2 Å². The smallest absolute Gasteiger partial charge is 0.241 e. The predicted molar refractivity (Wildman–Crippen MR) is 79.0 cm³/mol. The molecule has 7 heteroatoms. The van der Waals surface area contributed by atoms with Crippen molar-refractivity contribution in [2.45, 2.75) is 13.8 Å². The zero-order valence-electron chi connectivity index (χ0n) is 11.0. The Morgan fingerprint density at radius 2 is 2.26 bits per heavy atom. The number of rotatable bonds is 4. The van der Waals surface area contributed by atoms with E-state index < -0.39 is 0 Å². The molecule has 1 N–H and O–H groups in total. The second-order valence-electron chi connectivity index (χ2n) is 4.18. The number of fused-ring (bicyclic) bond motifs is 1. The van der Waals surface area contributed by atoms with Gasteiger partial charge in [-0.1, -0.05) is 0 Å². The Morgan fingerprint density at radius 1 is 1.53 bits per heavy atom. The van der Waals surface area contributed by atoms with Crippen LogP contribution in [0.2, 0.25) is 5.28 Å². The lowest BCUT2D eigenvalue weighted by molar-refractivity contribution is -0.127. The van der Waals surface area contributed by atoms with Crippen LogP contribution in [0.4, 0.5) is 5.82 Å². The van der Waals surface area contributed by atoms with Crippen molar-refractivity contribution >= 4 is 44.9 Å². The van der Waals surface area contributed by atoms with E-state index in [-0.39, 0.29) is 17.7 Å². The molecule has 0 saturated carbocycles. The van der Waals surface area contributed by atoms with Crippen LogP contribution in [0.25, 0.3) is 10.2 Å². The number of hydrogen-bond donors (Lipinski definition) is 1. The van der Waals surface area contributed by atoms with Gasteiger partial charge in [-0.3, -0.25) is 4.79 Å². The lowest BCUT2D eigenvalue weighted by Crippen LogP contribution is -2.32. The molecule has 0 spiro atoms. The number of nitrogens with one attached hydrogen (secondary N) is 1. The summed E-state index contributed by atoms with van der Waals surface area (Å²) in [4.78, 5) is 23.7. The minimum absolute atomic E-state index is 0.0114. The summed E-state index contributed by atoms with van der Waals surface area (Å²) in [6.45, 7) is 4.81. The highest BCUT2D eigenvalue weighted by Crippen LogP contribution is 2.29. The number of carbonyl (C=O) groups is 1. The van der Waals surface area contributed by atoms with Gasteiger partial charge in [0, 0.05) is 18.5 Å². The summed E-state index contributed by atoms with van der Waals surface area (Å²) in [7, 11) is 1.77. The van der Waals surface area contributed by atoms with Gasteiger partial charge in [-0.15, -0.1) is 11.3 Å². The molecule has 0 fully saturated rings. The molecule has 0 bridgehead atoms. The first-order chi connectivity index (χ1) is 9.01. The van der Waals surface area contributed by atoms with Crippen LogP contribution in [0.3, 0.4) is 0 Å². The van der Waals surface area contributed by atoms with E-state index in [1.807, 2.05) is 19.9 Å². The van der Waals surface area contributed by atoms with Gasteiger partial charge >= 0.3 is 0 Å². The van der Waals surface area contributed by atoms with E-state index in [9.17, 15) is 4.79 Å². The van der Waals surface area contributed by atoms with Crippen molar-refractivity contribution < 1.29 is 4.79 Å². The number of amides is 1. The number of hydrogen-bond acceptors (Lipinski definition) is 5. The van der Waals surface area contributed by atoms with Crippen LogP contribution in [0.1, 0.15) is 11.8 Å². The molecular weight excluding hydrogens is 284 g/mol. The highest BCUT2D eigenvalue weighted by Gasteiger charge is 2.12. The zero-order chi connectivity index (χ0) is 14.0. The third-order valence-electron chi connectivity index (χ3n) is 2.80. The SMILES string of the molecule is CCN(C)C(=O)CNc1nc(Cl)nc2sc(C)cc12. The molecule has 0 saturated heterocycles. The van der Waals surface area contributed by atoms with Gasteiger partial charge in [0.05, 0.1) is 11.9 Å². The Hall–Kier alpha value is -1.40. The Labute approximate surface area is 120 Å². The monoisotopic (exact) mass is 298 g/mol. The summed E-state index contributed by atoms with van der Waals surface area (Å²) >= 11 is 7.44. The Kier molecular flexibility index (Phi) is 4.21. The fourth-order valence-electron chi connectivity index (χ4n) is 1.62. The maximum absolute atomic E-state index is 11.8. The lowest BCUT2D eigenvalue weighted by atomic mass is 10.3. The Morgan fingerprint density at radius 3 is 2.95 bits per heavy atom. The molecule has 102 valence electrons. The number of halogens is 1. The highest BCUT2D eigenvalue weighted by atomic mass is 35.5. The van der Waals surface area contributed by atoms with E-state index in [0.29, 0.717) is 12.4 Å². The largest absolute Gasteiger partial charge is 0.360 e. The van der Waals surface area contributed by atoms with Gasteiger partial charge in [0.15, 0.2) is 0 Å². The number of nitrogens with zero attached hydrogens (tertiary/aromatic N) is 3. The molecule has 0 aromatic carbocycles. The normalized spacial score (nSPS) is 10.7. The standard InChI is InChI=1S/C12H15ClN4OS/c1-4-17(3)9(18)6-14-10-8-5-7(2)19-11(8)16-12(13)15-10/h5H,4,6H2,1-3H3,(H,14,15,16). The second kappa shape index (κ2) is 5.71. The van der Waals surface area contributed by atoms with Gasteiger partial charge in [-0.05, 0) is 31.5 Å². The summed E-state index contributed by atoms with van der Waals surface area (Å²) < 4.78 is 0. The molecule has 0 radical (unpaired) electrons.